The molecule has 2 saturated heterocycles. The maximum atomic E-state index is 12.7. The molecule has 2 aliphatic rings. The highest BCUT2D eigenvalue weighted by Gasteiger charge is 2.27. The van der Waals surface area contributed by atoms with Crippen molar-refractivity contribution in [1.82, 2.24) is 24.6 Å². The number of carbonyl (C=O) groups excluding carboxylic acids is 1. The van der Waals surface area contributed by atoms with Gasteiger partial charge in [-0.15, -0.1) is 5.10 Å². The van der Waals surface area contributed by atoms with E-state index in [0.29, 0.717) is 37.2 Å². The van der Waals surface area contributed by atoms with Gasteiger partial charge in [0.2, 0.25) is 15.9 Å². The number of rotatable bonds is 7. The molecule has 2 fully saturated rings. The van der Waals surface area contributed by atoms with Gasteiger partial charge < -0.3 is 10.1 Å². The molecule has 1 aromatic heterocycles. The van der Waals surface area contributed by atoms with Gasteiger partial charge in [0, 0.05) is 32.7 Å². The van der Waals surface area contributed by atoms with Crippen LogP contribution in [-0.2, 0) is 26.1 Å². The van der Waals surface area contributed by atoms with Gasteiger partial charge in [0.1, 0.15) is 5.52 Å². The maximum absolute atomic E-state index is 12.7. The van der Waals surface area contributed by atoms with Crippen molar-refractivity contribution < 1.29 is 17.9 Å². The number of fused-ring (bicyclic) bond motifs is 1. The van der Waals surface area contributed by atoms with Crippen LogP contribution in [-0.4, -0.2) is 66.0 Å². The van der Waals surface area contributed by atoms with Crippen molar-refractivity contribution in [3.63, 3.8) is 0 Å². The summed E-state index contributed by atoms with van der Waals surface area (Å²) < 4.78 is 34.0. The number of amides is 1. The zero-order valence-corrected chi connectivity index (χ0v) is 16.5. The van der Waals surface area contributed by atoms with Crippen LogP contribution >= 0.6 is 0 Å². The third kappa shape index (κ3) is 4.03. The zero-order chi connectivity index (χ0) is 19.6. The molecule has 0 saturated carbocycles. The number of ether oxygens (including phenoxy) is 1. The van der Waals surface area contributed by atoms with Crippen molar-refractivity contribution in [1.29, 1.82) is 0 Å². The number of nitrogens with zero attached hydrogens (tertiary/aromatic N) is 4. The SMILES string of the molecule is O=C(CCn1nnc2cc(S(=O)(=O)N3CCCC3)ccc21)NC[C@H]1CCCO1. The van der Waals surface area contributed by atoms with E-state index < -0.39 is 10.0 Å². The van der Waals surface area contributed by atoms with Crippen LogP contribution in [0.5, 0.6) is 0 Å². The summed E-state index contributed by atoms with van der Waals surface area (Å²) in [5.41, 5.74) is 1.23. The molecule has 0 bridgehead atoms. The number of hydrogen-bond acceptors (Lipinski definition) is 6. The molecule has 0 unspecified atom stereocenters. The van der Waals surface area contributed by atoms with E-state index in [-0.39, 0.29) is 23.3 Å². The second-order valence-electron chi connectivity index (χ2n) is 7.26. The smallest absolute Gasteiger partial charge is 0.243 e. The Kier molecular flexibility index (Phi) is 5.61. The lowest BCUT2D eigenvalue weighted by Crippen LogP contribution is -2.32. The predicted molar refractivity (Wildman–Crippen MR) is 102 cm³/mol. The summed E-state index contributed by atoms with van der Waals surface area (Å²) in [6, 6.07) is 4.86. The molecule has 152 valence electrons. The first-order valence-corrected chi connectivity index (χ1v) is 11.2. The number of benzene rings is 1. The average Bonchev–Trinajstić information content (AvgIpc) is 3.46. The van der Waals surface area contributed by atoms with E-state index in [9.17, 15) is 13.2 Å². The van der Waals surface area contributed by atoms with Crippen molar-refractivity contribution >= 4 is 27.0 Å². The van der Waals surface area contributed by atoms with E-state index >= 15 is 0 Å². The van der Waals surface area contributed by atoms with Crippen LogP contribution in [0.4, 0.5) is 0 Å². The molecule has 28 heavy (non-hydrogen) atoms. The van der Waals surface area contributed by atoms with E-state index in [1.807, 2.05) is 0 Å². The summed E-state index contributed by atoms with van der Waals surface area (Å²) in [5, 5.41) is 11.0. The van der Waals surface area contributed by atoms with Crippen molar-refractivity contribution in [3.8, 4) is 0 Å². The van der Waals surface area contributed by atoms with Crippen LogP contribution in [0.3, 0.4) is 0 Å². The first-order chi connectivity index (χ1) is 13.5. The van der Waals surface area contributed by atoms with E-state index in [0.717, 1.165) is 32.3 Å². The van der Waals surface area contributed by atoms with Gasteiger partial charge in [0.25, 0.3) is 0 Å². The van der Waals surface area contributed by atoms with E-state index in [2.05, 4.69) is 15.6 Å². The number of hydrogen-bond donors (Lipinski definition) is 1. The van der Waals surface area contributed by atoms with Crippen molar-refractivity contribution in [2.45, 2.75) is 49.6 Å². The fourth-order valence-electron chi connectivity index (χ4n) is 3.68. The molecular formula is C18H25N5O4S. The van der Waals surface area contributed by atoms with Gasteiger partial charge in [-0.3, -0.25) is 4.79 Å². The predicted octanol–water partition coefficient (Wildman–Crippen LogP) is 0.901. The molecule has 2 aliphatic heterocycles. The van der Waals surface area contributed by atoms with Gasteiger partial charge in [0.15, 0.2) is 0 Å². The summed E-state index contributed by atoms with van der Waals surface area (Å²) in [5.74, 6) is -0.0626. The lowest BCUT2D eigenvalue weighted by molar-refractivity contribution is -0.121. The van der Waals surface area contributed by atoms with E-state index in [1.165, 1.54) is 4.31 Å². The number of carbonyl (C=O) groups is 1. The lowest BCUT2D eigenvalue weighted by atomic mass is 10.2. The number of sulfonamides is 1. The largest absolute Gasteiger partial charge is 0.376 e. The van der Waals surface area contributed by atoms with Crippen LogP contribution in [0, 0.1) is 0 Å². The molecular weight excluding hydrogens is 382 g/mol. The standard InChI is InChI=1S/C18H25N5O4S/c24-18(19-13-14-4-3-11-27-14)7-10-23-17-6-5-15(12-16(17)20-21-23)28(25,26)22-8-1-2-9-22/h5-6,12,14H,1-4,7-11,13H2,(H,19,24)/t14-/m1/s1. The summed E-state index contributed by atoms with van der Waals surface area (Å²) in [4.78, 5) is 12.3. The highest BCUT2D eigenvalue weighted by atomic mass is 32.2. The Bertz CT molecular complexity index is 946. The van der Waals surface area contributed by atoms with Crippen LogP contribution < -0.4 is 5.32 Å². The Labute approximate surface area is 164 Å². The summed E-state index contributed by atoms with van der Waals surface area (Å²) in [6.07, 6.45) is 4.21. The highest BCUT2D eigenvalue weighted by Crippen LogP contribution is 2.23. The van der Waals surface area contributed by atoms with Crippen LogP contribution in [0.25, 0.3) is 11.0 Å². The fraction of sp³-hybridized carbons (Fsp3) is 0.611. The third-order valence-electron chi connectivity index (χ3n) is 5.29. The van der Waals surface area contributed by atoms with Gasteiger partial charge in [-0.2, -0.15) is 4.31 Å². The molecule has 1 aromatic carbocycles. The van der Waals surface area contributed by atoms with Gasteiger partial charge in [-0.05, 0) is 43.9 Å². The molecule has 1 atom stereocenters. The minimum atomic E-state index is -3.48. The Morgan fingerprint density at radius 1 is 1.25 bits per heavy atom. The van der Waals surface area contributed by atoms with Crippen molar-refractivity contribution in [2.75, 3.05) is 26.2 Å². The first kappa shape index (κ1) is 19.3. The van der Waals surface area contributed by atoms with Crippen molar-refractivity contribution in [2.24, 2.45) is 0 Å². The molecule has 4 rings (SSSR count). The Hall–Kier alpha value is -2.04. The van der Waals surface area contributed by atoms with Gasteiger partial charge >= 0.3 is 0 Å². The highest BCUT2D eigenvalue weighted by molar-refractivity contribution is 7.89. The quantitative estimate of drug-likeness (QED) is 0.731. The molecule has 1 amide bonds. The molecule has 0 aliphatic carbocycles. The number of aryl methyl sites for hydroxylation is 1. The first-order valence-electron chi connectivity index (χ1n) is 9.76. The Morgan fingerprint density at radius 2 is 2.07 bits per heavy atom. The lowest BCUT2D eigenvalue weighted by Gasteiger charge is -2.15. The molecule has 2 aromatic rings. The van der Waals surface area contributed by atoms with Gasteiger partial charge in [0.05, 0.1) is 23.1 Å². The molecule has 1 N–H and O–H groups in total. The summed E-state index contributed by atoms with van der Waals surface area (Å²) >= 11 is 0. The van der Waals surface area contributed by atoms with Crippen LogP contribution in [0.1, 0.15) is 32.1 Å². The average molecular weight is 407 g/mol. The maximum Gasteiger partial charge on any atom is 0.243 e. The van der Waals surface area contributed by atoms with Gasteiger partial charge in [-0.25, -0.2) is 13.1 Å². The van der Waals surface area contributed by atoms with Crippen LogP contribution in [0.2, 0.25) is 0 Å². The summed E-state index contributed by atoms with van der Waals surface area (Å²) in [7, 11) is -3.48. The Morgan fingerprint density at radius 3 is 2.82 bits per heavy atom. The van der Waals surface area contributed by atoms with E-state index in [4.69, 9.17) is 4.74 Å². The molecule has 0 spiro atoms. The minimum Gasteiger partial charge on any atom is -0.376 e. The molecule has 9 nitrogen and oxygen atoms in total. The molecule has 10 heteroatoms. The van der Waals surface area contributed by atoms with Crippen molar-refractivity contribution in [3.05, 3.63) is 18.2 Å². The van der Waals surface area contributed by atoms with E-state index in [1.54, 1.807) is 22.9 Å². The second kappa shape index (κ2) is 8.14. The molecule has 0 radical (unpaired) electrons. The number of nitrogens with one attached hydrogen (secondary N) is 1. The monoisotopic (exact) mass is 407 g/mol. The topological polar surface area (TPSA) is 106 Å². The zero-order valence-electron chi connectivity index (χ0n) is 15.7. The normalized spacial score (nSPS) is 20.8. The van der Waals surface area contributed by atoms with Gasteiger partial charge in [-0.1, -0.05) is 5.21 Å². The third-order valence-corrected chi connectivity index (χ3v) is 7.18. The number of aromatic nitrogens is 3. The minimum absolute atomic E-state index is 0.0626. The van der Waals surface area contributed by atoms with Crippen LogP contribution in [0.15, 0.2) is 23.1 Å². The molecule has 3 heterocycles. The second-order valence-corrected chi connectivity index (χ2v) is 9.20. The fourth-order valence-corrected chi connectivity index (χ4v) is 5.22. The summed E-state index contributed by atoms with van der Waals surface area (Å²) in [6.45, 7) is 2.81. The Balaban J connectivity index is 1.39.